The number of cyclic esters (lactones) is 2. The molecule has 0 aromatic carbocycles. The van der Waals surface area contributed by atoms with Gasteiger partial charge < -0.3 is 28.4 Å². The van der Waals surface area contributed by atoms with Crippen LogP contribution in [0.4, 0.5) is 17.6 Å². The van der Waals surface area contributed by atoms with Crippen molar-refractivity contribution in [1.29, 1.82) is 0 Å². The largest absolute Gasteiger partial charge is 0.465 e. The number of sulfonamides is 2. The van der Waals surface area contributed by atoms with Crippen molar-refractivity contribution in [3.05, 3.63) is 0 Å². The molecule has 10 atom stereocenters. The minimum absolute atomic E-state index is 0.0129. The number of fused-ring (bicyclic) bond motifs is 10. The number of rotatable bonds is 8. The van der Waals surface area contributed by atoms with E-state index in [9.17, 15) is 53.6 Å². The molecule has 21 heteroatoms. The van der Waals surface area contributed by atoms with Crippen LogP contribution < -0.4 is 4.13 Å². The van der Waals surface area contributed by atoms with Gasteiger partial charge in [-0.3, -0.25) is 9.59 Å². The minimum Gasteiger partial charge on any atom is -0.465 e. The van der Waals surface area contributed by atoms with E-state index in [0.717, 1.165) is 0 Å². The van der Waals surface area contributed by atoms with E-state index in [1.54, 1.807) is 0 Å². The van der Waals surface area contributed by atoms with Crippen LogP contribution in [0.2, 0.25) is 0 Å². The Morgan fingerprint density at radius 3 is 1.46 bits per heavy atom. The lowest BCUT2D eigenvalue weighted by molar-refractivity contribution is -0.171. The van der Waals surface area contributed by atoms with Crippen molar-refractivity contribution < 1.29 is 82.0 Å². The summed E-state index contributed by atoms with van der Waals surface area (Å²) in [4.78, 5) is 47.9. The summed E-state index contributed by atoms with van der Waals surface area (Å²) in [7, 11) is -13.6. The summed E-state index contributed by atoms with van der Waals surface area (Å²) in [6.45, 7) is -0.0338. The van der Waals surface area contributed by atoms with Gasteiger partial charge in [-0.1, -0.05) is 4.13 Å². The number of ether oxygens (including phenoxy) is 6. The second-order valence-corrected chi connectivity index (χ2v) is 14.1. The zero-order chi connectivity index (χ0) is 29.9. The van der Waals surface area contributed by atoms with Gasteiger partial charge >= 0.3 is 54.4 Å². The minimum atomic E-state index is -6.82. The van der Waals surface area contributed by atoms with Gasteiger partial charge in [0.05, 0.1) is 37.3 Å². The molecular formula is C20H19F4NO14S2. The second-order valence-electron chi connectivity index (χ2n) is 10.4. The molecular weight excluding hydrogens is 618 g/mol. The van der Waals surface area contributed by atoms with Crippen molar-refractivity contribution >= 4 is 43.9 Å². The van der Waals surface area contributed by atoms with Crippen molar-refractivity contribution in [2.45, 2.75) is 60.0 Å². The van der Waals surface area contributed by atoms with Crippen molar-refractivity contribution in [1.82, 2.24) is 4.13 Å². The highest BCUT2D eigenvalue weighted by Crippen LogP contribution is 2.50. The van der Waals surface area contributed by atoms with E-state index in [0.29, 0.717) is 0 Å². The van der Waals surface area contributed by atoms with Gasteiger partial charge in [0.15, 0.2) is 0 Å². The number of hydrogen-bond acceptors (Lipinski definition) is 14. The van der Waals surface area contributed by atoms with Gasteiger partial charge in [-0.05, 0) is 0 Å². The second kappa shape index (κ2) is 8.94. The number of carbonyl (C=O) groups is 4. The summed E-state index contributed by atoms with van der Waals surface area (Å²) < 4.78 is 137. The molecule has 15 nitrogen and oxygen atoms in total. The van der Waals surface area contributed by atoms with Gasteiger partial charge in [0, 0.05) is 24.7 Å². The predicted molar refractivity (Wildman–Crippen MR) is 113 cm³/mol. The summed E-state index contributed by atoms with van der Waals surface area (Å²) in [5.41, 5.74) is 0. The van der Waals surface area contributed by atoms with Crippen LogP contribution in [0.1, 0.15) is 12.8 Å². The first-order valence-electron chi connectivity index (χ1n) is 12.1. The summed E-state index contributed by atoms with van der Waals surface area (Å²) in [6.07, 6.45) is -7.47. The third-order valence-corrected chi connectivity index (χ3v) is 11.6. The first-order valence-corrected chi connectivity index (χ1v) is 15.0. The standard InChI is InChI=1S/C20H19F4NO14S2/c21-19(22,17(28)38-9-1-7-5-3-34-15(26)11(5)13(9)36-7)40(30,31)25-41(32,33)20(23,24)18(29)39-10-2-8-6-4-35-16(27)12(6)14(10)37-8/h5-14,25H,1-4H2. The van der Waals surface area contributed by atoms with Crippen LogP contribution in [0.15, 0.2) is 0 Å². The van der Waals surface area contributed by atoms with Crippen LogP contribution in [0.25, 0.3) is 0 Å². The Balaban J connectivity index is 1.11. The van der Waals surface area contributed by atoms with Gasteiger partial charge in [-0.15, -0.1) is 0 Å². The van der Waals surface area contributed by atoms with E-state index in [1.165, 1.54) is 0 Å². The number of esters is 4. The SMILES string of the molecule is O=C1OCC2C3CC(OC(=O)C(F)(F)S(=O)(=O)NS(=O)(=O)C(F)(F)C(=O)OC4CC5OC4C4C(=O)OCC54)C(O3)C12. The molecule has 6 heterocycles. The highest BCUT2D eigenvalue weighted by molar-refractivity contribution is 8.06. The van der Waals surface area contributed by atoms with Crippen LogP contribution in [0.5, 0.6) is 0 Å². The van der Waals surface area contributed by atoms with Crippen LogP contribution in [-0.4, -0.2) is 101 Å². The first kappa shape index (κ1) is 28.5. The number of alkyl halides is 4. The maximum absolute atomic E-state index is 14.6. The average Bonchev–Trinajstić information content (AvgIpc) is 3.69. The molecule has 0 amide bonds. The number of carbonyl (C=O) groups excluding carboxylic acids is 4. The molecule has 6 aliphatic rings. The molecule has 6 fully saturated rings. The quantitative estimate of drug-likeness (QED) is 0.177. The topological polar surface area (TPSA) is 204 Å². The smallest absolute Gasteiger partial charge is 0.455 e. The molecule has 10 unspecified atom stereocenters. The van der Waals surface area contributed by atoms with Crippen molar-refractivity contribution in [2.24, 2.45) is 23.7 Å². The van der Waals surface area contributed by atoms with Gasteiger partial charge in [-0.25, -0.2) is 26.4 Å². The van der Waals surface area contributed by atoms with Gasteiger partial charge in [0.25, 0.3) is 0 Å². The summed E-state index contributed by atoms with van der Waals surface area (Å²) in [6, 6.07) is 0. The molecule has 1 N–H and O–H groups in total. The summed E-state index contributed by atoms with van der Waals surface area (Å²) >= 11 is 0. The highest BCUT2D eigenvalue weighted by Gasteiger charge is 2.67. The Morgan fingerprint density at radius 1 is 0.732 bits per heavy atom. The monoisotopic (exact) mass is 637 g/mol. The Morgan fingerprint density at radius 2 is 1.10 bits per heavy atom. The summed E-state index contributed by atoms with van der Waals surface area (Å²) in [5, 5.41) is -11.5. The fourth-order valence-corrected chi connectivity index (χ4v) is 8.78. The van der Waals surface area contributed by atoms with Crippen LogP contribution in [0.3, 0.4) is 0 Å². The zero-order valence-corrected chi connectivity index (χ0v) is 21.8. The Hall–Kier alpha value is -2.62. The molecule has 6 rings (SSSR count). The van der Waals surface area contributed by atoms with Crippen LogP contribution >= 0.6 is 0 Å². The normalized spacial score (nSPS) is 39.3. The van der Waals surface area contributed by atoms with Crippen LogP contribution in [-0.2, 0) is 67.6 Å². The molecule has 41 heavy (non-hydrogen) atoms. The van der Waals surface area contributed by atoms with Gasteiger partial charge in [-0.2, -0.15) is 17.6 Å². The molecule has 0 aromatic rings. The maximum atomic E-state index is 14.6. The molecule has 0 saturated carbocycles. The fraction of sp³-hybridized carbons (Fsp3) is 0.800. The molecule has 228 valence electrons. The number of nitrogens with one attached hydrogen (secondary N) is 1. The van der Waals surface area contributed by atoms with E-state index in [1.807, 2.05) is 0 Å². The van der Waals surface area contributed by atoms with Crippen molar-refractivity contribution in [3.8, 4) is 0 Å². The van der Waals surface area contributed by atoms with Gasteiger partial charge in [0.1, 0.15) is 24.4 Å². The highest BCUT2D eigenvalue weighted by atomic mass is 32.3. The average molecular weight is 637 g/mol. The van der Waals surface area contributed by atoms with E-state index in [2.05, 4.69) is 9.47 Å². The Labute approximate surface area is 227 Å². The molecule has 0 radical (unpaired) electrons. The van der Waals surface area contributed by atoms with E-state index in [-0.39, 0.29) is 30.2 Å². The molecule has 4 bridgehead atoms. The van der Waals surface area contributed by atoms with E-state index >= 15 is 0 Å². The van der Waals surface area contributed by atoms with Crippen molar-refractivity contribution in [2.75, 3.05) is 13.2 Å². The molecule has 0 aromatic heterocycles. The molecule has 0 aliphatic carbocycles. The van der Waals surface area contributed by atoms with E-state index in [4.69, 9.17) is 18.9 Å². The zero-order valence-electron chi connectivity index (χ0n) is 20.1. The lowest BCUT2D eigenvalue weighted by Crippen LogP contribution is -2.55. The van der Waals surface area contributed by atoms with Crippen LogP contribution in [0, 0.1) is 23.7 Å². The summed E-state index contributed by atoms with van der Waals surface area (Å²) in [5.74, 6) is -9.97. The first-order chi connectivity index (χ1) is 19.0. The van der Waals surface area contributed by atoms with Crippen molar-refractivity contribution in [3.63, 3.8) is 0 Å². The molecule has 0 spiro atoms. The lowest BCUT2D eigenvalue weighted by atomic mass is 9.80. The lowest BCUT2D eigenvalue weighted by Gasteiger charge is -2.27. The predicted octanol–water partition coefficient (Wildman–Crippen LogP) is -1.83. The Kier molecular flexibility index (Phi) is 6.22. The maximum Gasteiger partial charge on any atom is 0.455 e. The Bertz CT molecular complexity index is 1330. The van der Waals surface area contributed by atoms with E-state index < -0.39 is 115 Å². The third-order valence-electron chi connectivity index (χ3n) is 8.18. The molecule has 6 aliphatic heterocycles. The number of hydrogen-bond donors (Lipinski definition) is 1. The van der Waals surface area contributed by atoms with Gasteiger partial charge in [0.2, 0.25) is 0 Å². The number of halogens is 4. The molecule has 6 saturated heterocycles. The third kappa shape index (κ3) is 4.06. The fourth-order valence-electron chi connectivity index (χ4n) is 6.25.